The number of esters is 1. The van der Waals surface area contributed by atoms with Crippen molar-refractivity contribution >= 4 is 46.7 Å². The molecular formula is C80H90Cl3NO20. The molecule has 0 aromatic heterocycles. The molecule has 0 unspecified atom stereocenters. The third kappa shape index (κ3) is 21.8. The molecule has 4 saturated heterocycles. The Hall–Kier alpha value is -6.59. The summed E-state index contributed by atoms with van der Waals surface area (Å²) in [5.41, 5.74) is 5.89. The number of aliphatic hydroxyl groups excluding tert-OH is 2. The van der Waals surface area contributed by atoms with Crippen LogP contribution in [-0.4, -0.2) is 168 Å². The Bertz CT molecular complexity index is 3660. The molecule has 4 aliphatic heterocycles. The van der Waals surface area contributed by atoms with Gasteiger partial charge in [0.05, 0.1) is 78.3 Å². The first-order chi connectivity index (χ1) is 50.6. The minimum atomic E-state index is -2.67. The molecule has 556 valence electrons. The second-order valence-corrected chi connectivity index (χ2v) is 28.0. The molecule has 0 aliphatic carbocycles. The number of hydrogen-bond donors (Lipinski definition) is 3. The summed E-state index contributed by atoms with van der Waals surface area (Å²) in [5, 5.41) is 26.7. The number of aliphatic hydroxyl groups is 2. The van der Waals surface area contributed by atoms with E-state index < -0.39 is 145 Å². The van der Waals surface area contributed by atoms with Crippen molar-refractivity contribution in [3.63, 3.8) is 0 Å². The fourth-order valence-electron chi connectivity index (χ4n) is 13.0. The molecule has 0 radical (unpaired) electrons. The van der Waals surface area contributed by atoms with E-state index >= 15 is 0 Å². The van der Waals surface area contributed by atoms with Crippen LogP contribution in [0.3, 0.4) is 0 Å². The van der Waals surface area contributed by atoms with Crippen molar-refractivity contribution in [1.29, 1.82) is 0 Å². The van der Waals surface area contributed by atoms with Crippen LogP contribution in [0.4, 0.5) is 0 Å². The first kappa shape index (κ1) is 78.5. The average Bonchev–Trinajstić information content (AvgIpc) is 0.763. The largest absolute Gasteiger partial charge is 0.454 e. The molecule has 11 rings (SSSR count). The molecule has 4 heterocycles. The molecule has 4 aliphatic rings. The lowest BCUT2D eigenvalue weighted by atomic mass is 9.94. The van der Waals surface area contributed by atoms with Crippen LogP contribution >= 0.6 is 34.8 Å². The highest BCUT2D eigenvalue weighted by Gasteiger charge is 2.59. The van der Waals surface area contributed by atoms with Gasteiger partial charge in [-0.2, -0.15) is 0 Å². The SMILES string of the molecule is C=CCO[C@@H]1O[C@@H](C)[C@H](OCc2ccccc2)[C@@H](O[C@H]2O[C@H](COCc3ccccc3)[C@@H](OCc3ccccc3)[C@H](OCc3ccccc3)[C@H]2OCc2ccccc2)[C@H]1O[C@@H]1O[C@H](CO)[C@@H](O)[C@H](O[C@@H]2O[C@@H](C)[C@H](OCc3ccccc3)[C@@H](OCc3ccccc3)[C@H]2OC(C)=O)[C@H]1NC(=O)C(Cl)(Cl)Cl. The lowest BCUT2D eigenvalue weighted by Gasteiger charge is -2.52. The van der Waals surface area contributed by atoms with Gasteiger partial charge < -0.3 is 91.3 Å². The molecule has 7 aromatic rings. The molecule has 24 heteroatoms. The number of hydrogen-bond acceptors (Lipinski definition) is 20. The van der Waals surface area contributed by atoms with Crippen molar-refractivity contribution in [2.24, 2.45) is 0 Å². The highest BCUT2D eigenvalue weighted by molar-refractivity contribution is 6.76. The fourth-order valence-corrected chi connectivity index (χ4v) is 13.1. The number of benzene rings is 7. The Morgan fingerprint density at radius 2 is 0.788 bits per heavy atom. The first-order valence-corrected chi connectivity index (χ1v) is 35.9. The molecule has 4 fully saturated rings. The molecule has 0 saturated carbocycles. The van der Waals surface area contributed by atoms with Crippen LogP contribution in [0.15, 0.2) is 225 Å². The number of ether oxygens (including phenoxy) is 16. The Labute approximate surface area is 621 Å². The van der Waals surface area contributed by atoms with E-state index in [1.165, 1.54) is 13.0 Å². The van der Waals surface area contributed by atoms with E-state index in [-0.39, 0.29) is 59.5 Å². The second-order valence-electron chi connectivity index (χ2n) is 25.7. The van der Waals surface area contributed by atoms with Crippen LogP contribution in [0.5, 0.6) is 0 Å². The fraction of sp³-hybridized carbons (Fsp3) is 0.425. The van der Waals surface area contributed by atoms with Gasteiger partial charge in [0.25, 0.3) is 9.70 Å². The molecular weight excluding hydrogens is 1400 g/mol. The normalized spacial score (nSPS) is 29.3. The van der Waals surface area contributed by atoms with E-state index in [0.717, 1.165) is 38.9 Å². The third-order valence-electron chi connectivity index (χ3n) is 18.1. The summed E-state index contributed by atoms with van der Waals surface area (Å²) in [6.07, 6.45) is -23.3. The Kier molecular flexibility index (Phi) is 29.7. The number of amides is 1. The molecule has 3 N–H and O–H groups in total. The third-order valence-corrected chi connectivity index (χ3v) is 18.6. The molecule has 7 aromatic carbocycles. The van der Waals surface area contributed by atoms with Gasteiger partial charge >= 0.3 is 5.97 Å². The lowest BCUT2D eigenvalue weighted by molar-refractivity contribution is -0.395. The molecule has 20 atom stereocenters. The van der Waals surface area contributed by atoms with Gasteiger partial charge in [-0.15, -0.1) is 6.58 Å². The zero-order chi connectivity index (χ0) is 72.8. The van der Waals surface area contributed by atoms with Gasteiger partial charge in [0, 0.05) is 6.92 Å². The predicted molar refractivity (Wildman–Crippen MR) is 384 cm³/mol. The topological polar surface area (TPSA) is 234 Å². The summed E-state index contributed by atoms with van der Waals surface area (Å²) in [4.78, 5) is 27.9. The van der Waals surface area contributed by atoms with Gasteiger partial charge in [0.2, 0.25) is 0 Å². The predicted octanol–water partition coefficient (Wildman–Crippen LogP) is 11.2. The van der Waals surface area contributed by atoms with Crippen LogP contribution in [-0.2, 0) is 132 Å². The number of carbonyl (C=O) groups is 2. The van der Waals surface area contributed by atoms with Crippen molar-refractivity contribution in [1.82, 2.24) is 5.32 Å². The van der Waals surface area contributed by atoms with Crippen LogP contribution in [0.2, 0.25) is 0 Å². The quantitative estimate of drug-likeness (QED) is 0.0193. The molecule has 104 heavy (non-hydrogen) atoms. The van der Waals surface area contributed by atoms with Gasteiger partial charge in [-0.05, 0) is 52.8 Å². The number of carbonyl (C=O) groups excluding carboxylic acids is 2. The summed E-state index contributed by atoms with van der Waals surface area (Å²) in [7, 11) is 0. The van der Waals surface area contributed by atoms with Gasteiger partial charge in [0.15, 0.2) is 31.3 Å². The first-order valence-electron chi connectivity index (χ1n) is 34.8. The van der Waals surface area contributed by atoms with Gasteiger partial charge in [-0.3, -0.25) is 9.59 Å². The van der Waals surface area contributed by atoms with Crippen LogP contribution < -0.4 is 5.32 Å². The van der Waals surface area contributed by atoms with E-state index in [2.05, 4.69) is 11.9 Å². The van der Waals surface area contributed by atoms with Crippen LogP contribution in [0.25, 0.3) is 0 Å². The summed E-state index contributed by atoms with van der Waals surface area (Å²) >= 11 is 19.3. The zero-order valence-electron chi connectivity index (χ0n) is 58.0. The second kappa shape index (κ2) is 39.3. The minimum absolute atomic E-state index is 0.0195. The minimum Gasteiger partial charge on any atom is -0.454 e. The summed E-state index contributed by atoms with van der Waals surface area (Å²) in [6.45, 7) is 8.31. The maximum Gasteiger partial charge on any atom is 0.303 e. The van der Waals surface area contributed by atoms with Gasteiger partial charge in [-0.25, -0.2) is 0 Å². The van der Waals surface area contributed by atoms with Crippen molar-refractivity contribution in [3.05, 3.63) is 264 Å². The number of rotatable bonds is 34. The summed E-state index contributed by atoms with van der Waals surface area (Å²) in [6, 6.07) is 65.3. The standard InChI is InChI=1S/C80H90Cl3NO20/c1-5-41-90-76-74(104-75-63(84-79(88)80(81,82)83)68(64(87)61(42-85)100-75)102-78-73(99-53(4)86)69(94-47-58-35-21-10-22-36-58)65(51(2)98-78)91-44-55-29-15-7-16-30-55)71(66(52(3)97-76)92-45-56-31-17-8-18-32-56)103-77-72(96-49-60-39-25-12-26-40-60)70(95-48-59-37-23-11-24-38-59)67(93-46-57-33-19-9-20-34-57)62(101-77)50-89-43-54-27-13-6-14-28-54/h5-40,51-52,61-78,85,87H,1,41-50H2,2-4H3,(H,84,88)/t51-,52-,61+,62+,63+,64+,65-,66-,67+,68+,69+,70-,71+,72+,73+,74+,75-,76+,77+,78-/m0/s1. The lowest BCUT2D eigenvalue weighted by Crippen LogP contribution is -2.71. The molecule has 0 bridgehead atoms. The van der Waals surface area contributed by atoms with Crippen molar-refractivity contribution in [2.45, 2.75) is 194 Å². The van der Waals surface area contributed by atoms with Crippen molar-refractivity contribution in [2.75, 3.05) is 19.8 Å². The van der Waals surface area contributed by atoms with E-state index in [1.807, 2.05) is 212 Å². The van der Waals surface area contributed by atoms with Gasteiger partial charge in [-0.1, -0.05) is 253 Å². The van der Waals surface area contributed by atoms with E-state index in [4.69, 9.17) is 111 Å². The van der Waals surface area contributed by atoms with E-state index in [1.54, 1.807) is 13.8 Å². The van der Waals surface area contributed by atoms with Crippen LogP contribution in [0.1, 0.15) is 59.7 Å². The van der Waals surface area contributed by atoms with E-state index in [9.17, 15) is 19.8 Å². The van der Waals surface area contributed by atoms with Crippen LogP contribution in [0, 0.1) is 0 Å². The van der Waals surface area contributed by atoms with Crippen molar-refractivity contribution in [3.8, 4) is 0 Å². The Morgan fingerprint density at radius 3 is 1.21 bits per heavy atom. The number of nitrogens with one attached hydrogen (secondary N) is 1. The maximum atomic E-state index is 14.5. The smallest absolute Gasteiger partial charge is 0.303 e. The van der Waals surface area contributed by atoms with E-state index in [0.29, 0.717) is 0 Å². The molecule has 21 nitrogen and oxygen atoms in total. The van der Waals surface area contributed by atoms with Gasteiger partial charge in [0.1, 0.15) is 79.3 Å². The zero-order valence-corrected chi connectivity index (χ0v) is 60.3. The molecule has 1 amide bonds. The van der Waals surface area contributed by atoms with Crippen molar-refractivity contribution < 1.29 is 95.6 Å². The maximum absolute atomic E-state index is 14.5. The highest BCUT2D eigenvalue weighted by Crippen LogP contribution is 2.41. The number of alkyl halides is 3. The average molecular weight is 1490 g/mol. The summed E-state index contributed by atoms with van der Waals surface area (Å²) < 4.78 is 108. The molecule has 0 spiro atoms. The Balaban J connectivity index is 1.01. The number of halogens is 3. The summed E-state index contributed by atoms with van der Waals surface area (Å²) in [5.74, 6) is -1.97. The highest BCUT2D eigenvalue weighted by atomic mass is 35.6. The monoisotopic (exact) mass is 1490 g/mol. The Morgan fingerprint density at radius 1 is 0.433 bits per heavy atom.